The molecule has 32 heavy (non-hydrogen) atoms. The van der Waals surface area contributed by atoms with Crippen LogP contribution in [0.5, 0.6) is 11.5 Å². The quantitative estimate of drug-likeness (QED) is 0.359. The molecule has 2 N–H and O–H groups in total. The summed E-state index contributed by atoms with van der Waals surface area (Å²) in [5, 5.41) is 3.32. The van der Waals surface area contributed by atoms with Crippen molar-refractivity contribution in [2.45, 2.75) is 5.16 Å². The fourth-order valence-corrected chi connectivity index (χ4v) is 4.30. The number of hydrogen-bond acceptors (Lipinski definition) is 6. The summed E-state index contributed by atoms with van der Waals surface area (Å²) < 4.78 is 12.5. The minimum absolute atomic E-state index is 0.103. The van der Waals surface area contributed by atoms with Gasteiger partial charge in [0.05, 0.1) is 5.75 Å². The van der Waals surface area contributed by atoms with Crippen LogP contribution in [-0.4, -0.2) is 39.4 Å². The number of aromatic nitrogens is 3. The maximum atomic E-state index is 12.8. The number of fused-ring (bicyclic) bond motifs is 2. The zero-order valence-electron chi connectivity index (χ0n) is 17.3. The van der Waals surface area contributed by atoms with Crippen molar-refractivity contribution in [3.63, 3.8) is 0 Å². The maximum absolute atomic E-state index is 12.8. The number of thioether (sulfide) groups is 1. The number of nitrogens with one attached hydrogen (secondary N) is 2. The van der Waals surface area contributed by atoms with Gasteiger partial charge < -0.3 is 19.8 Å². The van der Waals surface area contributed by atoms with E-state index in [0.717, 1.165) is 11.1 Å². The van der Waals surface area contributed by atoms with Crippen LogP contribution in [0, 0.1) is 0 Å². The number of anilines is 1. The van der Waals surface area contributed by atoms with Gasteiger partial charge in [-0.2, -0.15) is 0 Å². The molecule has 3 heterocycles. The average Bonchev–Trinajstić information content (AvgIpc) is 3.25. The van der Waals surface area contributed by atoms with Gasteiger partial charge in [0.1, 0.15) is 24.2 Å². The number of rotatable bonds is 5. The normalized spacial score (nSPS) is 12.7. The summed E-state index contributed by atoms with van der Waals surface area (Å²) in [4.78, 5) is 33.1. The highest BCUT2D eigenvalue weighted by atomic mass is 32.2. The first-order valence-electron chi connectivity index (χ1n) is 10.1. The lowest BCUT2D eigenvalue weighted by atomic mass is 10.1. The lowest BCUT2D eigenvalue weighted by Crippen LogP contribution is -2.21. The molecule has 0 saturated carbocycles. The molecule has 1 amide bonds. The number of carbonyl (C=O) groups is 1. The van der Waals surface area contributed by atoms with Crippen molar-refractivity contribution in [2.24, 2.45) is 7.05 Å². The van der Waals surface area contributed by atoms with Crippen LogP contribution >= 0.6 is 11.8 Å². The van der Waals surface area contributed by atoms with Crippen LogP contribution in [0.3, 0.4) is 0 Å². The Labute approximate surface area is 187 Å². The predicted octanol–water partition coefficient (Wildman–Crippen LogP) is 3.43. The van der Waals surface area contributed by atoms with E-state index in [1.54, 1.807) is 31.4 Å². The summed E-state index contributed by atoms with van der Waals surface area (Å²) in [5.74, 6) is 1.16. The van der Waals surface area contributed by atoms with E-state index in [2.05, 4.69) is 15.3 Å². The summed E-state index contributed by atoms with van der Waals surface area (Å²) in [7, 11) is 1.65. The molecule has 162 valence electrons. The van der Waals surface area contributed by atoms with Crippen molar-refractivity contribution in [1.29, 1.82) is 0 Å². The third kappa shape index (κ3) is 3.82. The number of amides is 1. The maximum Gasteiger partial charge on any atom is 0.278 e. The lowest BCUT2D eigenvalue weighted by Gasteiger charge is -2.19. The number of carbonyl (C=O) groups excluding carboxylic acids is 1. The molecule has 0 fully saturated rings. The van der Waals surface area contributed by atoms with Crippen LogP contribution in [0.25, 0.3) is 22.2 Å². The fraction of sp³-hybridized carbons (Fsp3) is 0.174. The van der Waals surface area contributed by atoms with E-state index in [1.165, 1.54) is 16.3 Å². The molecule has 0 saturated heterocycles. The van der Waals surface area contributed by atoms with Crippen molar-refractivity contribution >= 4 is 34.4 Å². The molecule has 2 aromatic heterocycles. The third-order valence-electron chi connectivity index (χ3n) is 5.11. The highest BCUT2D eigenvalue weighted by molar-refractivity contribution is 7.99. The smallest absolute Gasteiger partial charge is 0.278 e. The topological polar surface area (TPSA) is 98.2 Å². The van der Waals surface area contributed by atoms with E-state index < -0.39 is 0 Å². The van der Waals surface area contributed by atoms with Gasteiger partial charge >= 0.3 is 0 Å². The van der Waals surface area contributed by atoms with E-state index in [9.17, 15) is 9.59 Å². The Morgan fingerprint density at radius 3 is 2.75 bits per heavy atom. The van der Waals surface area contributed by atoms with Crippen LogP contribution in [0.15, 0.2) is 64.7 Å². The van der Waals surface area contributed by atoms with Gasteiger partial charge in [-0.25, -0.2) is 4.98 Å². The van der Waals surface area contributed by atoms with Crippen LogP contribution in [-0.2, 0) is 11.8 Å². The van der Waals surface area contributed by atoms with Crippen molar-refractivity contribution in [3.8, 4) is 22.6 Å². The molecule has 0 bridgehead atoms. The van der Waals surface area contributed by atoms with Crippen LogP contribution in [0.1, 0.15) is 0 Å². The number of hydrogen-bond donors (Lipinski definition) is 2. The van der Waals surface area contributed by atoms with Crippen molar-refractivity contribution in [3.05, 3.63) is 65.1 Å². The first-order valence-corrected chi connectivity index (χ1v) is 11.0. The number of ether oxygens (including phenoxy) is 2. The minimum Gasteiger partial charge on any atom is -0.486 e. The Hall–Kier alpha value is -3.72. The molecule has 4 aromatic rings. The molecule has 0 atom stereocenters. The molecular formula is C23H20N4O4S. The Morgan fingerprint density at radius 2 is 1.94 bits per heavy atom. The highest BCUT2D eigenvalue weighted by Crippen LogP contribution is 2.33. The molecule has 8 nitrogen and oxygen atoms in total. The molecule has 1 aliphatic heterocycles. The van der Waals surface area contributed by atoms with Crippen LogP contribution in [0.2, 0.25) is 0 Å². The number of H-pyrrole nitrogens is 1. The predicted molar refractivity (Wildman–Crippen MR) is 124 cm³/mol. The molecule has 9 heteroatoms. The summed E-state index contributed by atoms with van der Waals surface area (Å²) in [5.41, 5.74) is 3.28. The Kier molecular flexibility index (Phi) is 5.32. The monoisotopic (exact) mass is 448 g/mol. The molecule has 0 radical (unpaired) electrons. The molecule has 0 unspecified atom stereocenters. The molecular weight excluding hydrogens is 428 g/mol. The van der Waals surface area contributed by atoms with Gasteiger partial charge in [-0.05, 0) is 17.7 Å². The number of nitrogens with zero attached hydrogens (tertiary/aromatic N) is 2. The van der Waals surface area contributed by atoms with Gasteiger partial charge in [0, 0.05) is 30.6 Å². The van der Waals surface area contributed by atoms with Gasteiger partial charge in [0.2, 0.25) is 5.91 Å². The van der Waals surface area contributed by atoms with Crippen LogP contribution < -0.4 is 20.3 Å². The highest BCUT2D eigenvalue weighted by Gasteiger charge is 2.17. The summed E-state index contributed by atoms with van der Waals surface area (Å²) >= 11 is 1.21. The van der Waals surface area contributed by atoms with E-state index in [0.29, 0.717) is 46.6 Å². The van der Waals surface area contributed by atoms with Crippen molar-refractivity contribution < 1.29 is 14.3 Å². The Morgan fingerprint density at radius 1 is 1.16 bits per heavy atom. The molecule has 5 rings (SSSR count). The van der Waals surface area contributed by atoms with Crippen molar-refractivity contribution in [2.75, 3.05) is 24.3 Å². The summed E-state index contributed by atoms with van der Waals surface area (Å²) in [6, 6.07) is 15.0. The Bertz CT molecular complexity index is 1360. The first-order chi connectivity index (χ1) is 15.6. The second-order valence-electron chi connectivity index (χ2n) is 7.25. The molecule has 2 aromatic carbocycles. The van der Waals surface area contributed by atoms with E-state index in [4.69, 9.17) is 9.47 Å². The average molecular weight is 449 g/mol. The fourth-order valence-electron chi connectivity index (χ4n) is 3.54. The standard InChI is InChI=1S/C23H20N4O4S/c1-27-22(29)21-20(16(12-24-21)14-5-3-2-4-6-14)26-23(27)32-13-19(28)25-15-7-8-17-18(11-15)31-10-9-30-17/h2-8,11-12,24H,9-10,13H2,1H3,(H,25,28). The van der Waals surface area contributed by atoms with Crippen LogP contribution in [0.4, 0.5) is 5.69 Å². The number of benzene rings is 2. The molecule has 0 spiro atoms. The van der Waals surface area contributed by atoms with Gasteiger partial charge in [-0.15, -0.1) is 0 Å². The second kappa shape index (κ2) is 8.43. The largest absolute Gasteiger partial charge is 0.486 e. The SMILES string of the molecule is Cn1c(SCC(=O)Nc2ccc3c(c2)OCCO3)nc2c(-c3ccccc3)c[nH]c2c1=O. The third-order valence-corrected chi connectivity index (χ3v) is 6.14. The zero-order valence-corrected chi connectivity index (χ0v) is 18.1. The van der Waals surface area contributed by atoms with Gasteiger partial charge in [0.25, 0.3) is 5.56 Å². The first kappa shape index (κ1) is 20.2. The van der Waals surface area contributed by atoms with E-state index >= 15 is 0 Å². The second-order valence-corrected chi connectivity index (χ2v) is 8.19. The van der Waals surface area contributed by atoms with Crippen molar-refractivity contribution in [1.82, 2.24) is 14.5 Å². The molecule has 0 aliphatic carbocycles. The van der Waals surface area contributed by atoms with Gasteiger partial charge in [-0.3, -0.25) is 14.2 Å². The zero-order chi connectivity index (χ0) is 22.1. The summed E-state index contributed by atoms with van der Waals surface area (Å²) in [6.45, 7) is 0.991. The summed E-state index contributed by atoms with van der Waals surface area (Å²) in [6.07, 6.45) is 1.79. The Balaban J connectivity index is 1.35. The van der Waals surface area contributed by atoms with E-state index in [-0.39, 0.29) is 17.2 Å². The number of aromatic amines is 1. The van der Waals surface area contributed by atoms with Gasteiger partial charge in [0.15, 0.2) is 16.7 Å². The van der Waals surface area contributed by atoms with E-state index in [1.807, 2.05) is 30.3 Å². The molecule has 1 aliphatic rings. The van der Waals surface area contributed by atoms with Gasteiger partial charge in [-0.1, -0.05) is 42.1 Å². The lowest BCUT2D eigenvalue weighted by molar-refractivity contribution is -0.113. The minimum atomic E-state index is -0.210.